The molecule has 2 aromatic rings. The third-order valence-corrected chi connectivity index (χ3v) is 8.25. The third kappa shape index (κ3) is 5.23. The molecular weight excluding hydrogens is 418 g/mol. The zero-order valence-corrected chi connectivity index (χ0v) is 21.4. The van der Waals surface area contributed by atoms with Crippen molar-refractivity contribution in [1.82, 2.24) is 14.7 Å². The predicted octanol–water partition coefficient (Wildman–Crippen LogP) is 5.10. The quantitative estimate of drug-likeness (QED) is 0.637. The van der Waals surface area contributed by atoms with Crippen LogP contribution in [0.5, 0.6) is 0 Å². The molecule has 0 spiro atoms. The molecule has 182 valence electrons. The van der Waals surface area contributed by atoms with Gasteiger partial charge in [0.1, 0.15) is 0 Å². The molecule has 5 rings (SSSR count). The lowest BCUT2D eigenvalue weighted by Crippen LogP contribution is -2.53. The number of hydrogen-bond acceptors (Lipinski definition) is 3. The average molecular weight is 460 g/mol. The fourth-order valence-corrected chi connectivity index (χ4v) is 5.99. The second-order valence-electron chi connectivity index (χ2n) is 11.6. The van der Waals surface area contributed by atoms with E-state index in [0.717, 1.165) is 51.7 Å². The molecule has 1 saturated carbocycles. The van der Waals surface area contributed by atoms with E-state index in [1.54, 1.807) is 0 Å². The molecular formula is C30H41N3O. The second kappa shape index (κ2) is 9.83. The highest BCUT2D eigenvalue weighted by atomic mass is 16.2. The van der Waals surface area contributed by atoms with Crippen molar-refractivity contribution in [3.05, 3.63) is 59.2 Å². The van der Waals surface area contributed by atoms with E-state index < -0.39 is 0 Å². The van der Waals surface area contributed by atoms with E-state index in [0.29, 0.717) is 12.5 Å². The van der Waals surface area contributed by atoms with Crippen molar-refractivity contribution in [2.45, 2.75) is 70.9 Å². The van der Waals surface area contributed by atoms with Crippen LogP contribution in [0.2, 0.25) is 0 Å². The van der Waals surface area contributed by atoms with Crippen molar-refractivity contribution in [2.24, 2.45) is 0 Å². The van der Waals surface area contributed by atoms with E-state index in [2.05, 4.69) is 77.9 Å². The number of piperazine rings is 1. The van der Waals surface area contributed by atoms with Crippen LogP contribution in [0.3, 0.4) is 0 Å². The van der Waals surface area contributed by atoms with Crippen LogP contribution < -0.4 is 0 Å². The van der Waals surface area contributed by atoms with Gasteiger partial charge in [-0.15, -0.1) is 0 Å². The maximum Gasteiger partial charge on any atom is 0.236 e. The Bertz CT molecular complexity index is 993. The lowest BCUT2D eigenvalue weighted by Gasteiger charge is -2.39. The summed E-state index contributed by atoms with van der Waals surface area (Å²) in [5.41, 5.74) is 6.94. The lowest BCUT2D eigenvalue weighted by atomic mass is 9.86. The molecule has 2 aliphatic heterocycles. The first-order valence-electron chi connectivity index (χ1n) is 13.3. The average Bonchev–Trinajstić information content (AvgIpc) is 3.38. The molecule has 34 heavy (non-hydrogen) atoms. The number of nitrogens with zero attached hydrogens (tertiary/aromatic N) is 3. The van der Waals surface area contributed by atoms with Crippen LogP contribution in [-0.2, 0) is 23.2 Å². The van der Waals surface area contributed by atoms with Crippen LogP contribution in [0, 0.1) is 0 Å². The Morgan fingerprint density at radius 3 is 2.21 bits per heavy atom. The molecule has 4 heteroatoms. The molecule has 0 unspecified atom stereocenters. The fourth-order valence-electron chi connectivity index (χ4n) is 5.99. The van der Waals surface area contributed by atoms with Crippen molar-refractivity contribution in [3.8, 4) is 11.1 Å². The maximum atomic E-state index is 13.0. The monoisotopic (exact) mass is 459 g/mol. The number of carbonyl (C=O) groups is 1. The molecule has 4 nitrogen and oxygen atoms in total. The summed E-state index contributed by atoms with van der Waals surface area (Å²) in [5, 5.41) is 0. The summed E-state index contributed by atoms with van der Waals surface area (Å²) in [6.45, 7) is 13.1. The first-order chi connectivity index (χ1) is 16.4. The molecule has 2 heterocycles. The van der Waals surface area contributed by atoms with Gasteiger partial charge in [0.05, 0.1) is 6.54 Å². The van der Waals surface area contributed by atoms with E-state index in [-0.39, 0.29) is 5.41 Å². The van der Waals surface area contributed by atoms with Crippen LogP contribution >= 0.6 is 0 Å². The summed E-state index contributed by atoms with van der Waals surface area (Å²) in [4.78, 5) is 20.1. The van der Waals surface area contributed by atoms with Gasteiger partial charge in [0.25, 0.3) is 0 Å². The first kappa shape index (κ1) is 23.6. The fraction of sp³-hybridized carbons (Fsp3) is 0.567. The molecule has 0 atom stereocenters. The Labute approximate surface area is 205 Å². The molecule has 0 N–H and O–H groups in total. The van der Waals surface area contributed by atoms with Crippen molar-refractivity contribution in [3.63, 3.8) is 0 Å². The van der Waals surface area contributed by atoms with Crippen LogP contribution in [-0.4, -0.2) is 65.9 Å². The minimum Gasteiger partial charge on any atom is -0.339 e. The van der Waals surface area contributed by atoms with Gasteiger partial charge in [-0.1, -0.05) is 76.1 Å². The zero-order chi connectivity index (χ0) is 23.7. The van der Waals surface area contributed by atoms with Gasteiger partial charge in [0.15, 0.2) is 0 Å². The Morgan fingerprint density at radius 2 is 1.53 bits per heavy atom. The smallest absolute Gasteiger partial charge is 0.236 e. The minimum absolute atomic E-state index is 0.179. The van der Waals surface area contributed by atoms with Crippen molar-refractivity contribution >= 4 is 5.91 Å². The highest BCUT2D eigenvalue weighted by molar-refractivity contribution is 5.78. The summed E-state index contributed by atoms with van der Waals surface area (Å²) in [6.07, 6.45) is 6.48. The Balaban J connectivity index is 1.16. The van der Waals surface area contributed by atoms with E-state index in [1.165, 1.54) is 53.5 Å². The summed E-state index contributed by atoms with van der Waals surface area (Å²) >= 11 is 0. The lowest BCUT2D eigenvalue weighted by molar-refractivity contribution is -0.134. The largest absolute Gasteiger partial charge is 0.339 e. The predicted molar refractivity (Wildman–Crippen MR) is 140 cm³/mol. The van der Waals surface area contributed by atoms with Crippen molar-refractivity contribution in [1.29, 1.82) is 0 Å². The van der Waals surface area contributed by atoms with Crippen LogP contribution in [0.4, 0.5) is 0 Å². The summed E-state index contributed by atoms with van der Waals surface area (Å²) in [5.74, 6) is 0.310. The molecule has 2 fully saturated rings. The van der Waals surface area contributed by atoms with Crippen molar-refractivity contribution in [2.75, 3.05) is 39.3 Å². The van der Waals surface area contributed by atoms with Crippen LogP contribution in [0.25, 0.3) is 11.1 Å². The number of hydrogen-bond donors (Lipinski definition) is 0. The summed E-state index contributed by atoms with van der Waals surface area (Å²) in [6, 6.07) is 16.7. The molecule has 3 aliphatic rings. The highest BCUT2D eigenvalue weighted by Gasteiger charge is 2.29. The van der Waals surface area contributed by atoms with Gasteiger partial charge >= 0.3 is 0 Å². The first-order valence-corrected chi connectivity index (χ1v) is 13.3. The Hall–Kier alpha value is -2.17. The van der Waals surface area contributed by atoms with Gasteiger partial charge in [0, 0.05) is 45.3 Å². The van der Waals surface area contributed by atoms with E-state index in [4.69, 9.17) is 0 Å². The number of carbonyl (C=O) groups excluding carboxylic acids is 1. The number of benzene rings is 2. The SMILES string of the molecule is CC(C)(C)c1ccc(-c2ccc3c(c2)CCN(CC(=O)N2CCN(C4CCCC4)CC2)C3)cc1. The number of amides is 1. The number of fused-ring (bicyclic) bond motifs is 1. The minimum atomic E-state index is 0.179. The van der Waals surface area contributed by atoms with E-state index >= 15 is 0 Å². The van der Waals surface area contributed by atoms with Crippen LogP contribution in [0.15, 0.2) is 42.5 Å². The number of rotatable bonds is 4. The molecule has 0 radical (unpaired) electrons. The molecule has 0 bridgehead atoms. The zero-order valence-electron chi connectivity index (χ0n) is 21.4. The maximum absolute atomic E-state index is 13.0. The Kier molecular flexibility index (Phi) is 6.81. The van der Waals surface area contributed by atoms with E-state index in [1.807, 2.05) is 0 Å². The second-order valence-corrected chi connectivity index (χ2v) is 11.6. The van der Waals surface area contributed by atoms with Crippen LogP contribution in [0.1, 0.15) is 63.1 Å². The van der Waals surface area contributed by atoms with Gasteiger partial charge in [-0.25, -0.2) is 0 Å². The highest BCUT2D eigenvalue weighted by Crippen LogP contribution is 2.29. The third-order valence-electron chi connectivity index (χ3n) is 8.25. The van der Waals surface area contributed by atoms with Gasteiger partial charge in [-0.3, -0.25) is 14.6 Å². The molecule has 0 aromatic heterocycles. The molecule has 1 aliphatic carbocycles. The standard InChI is InChI=1S/C30H41N3O/c1-30(2,3)27-12-10-23(11-13-27)24-8-9-26-21-31(15-14-25(26)20-24)22-29(34)33-18-16-32(17-19-33)28-6-4-5-7-28/h8-13,20,28H,4-7,14-19,21-22H2,1-3H3. The molecule has 1 amide bonds. The topological polar surface area (TPSA) is 26.8 Å². The normalized spacial score (nSPS) is 20.5. The van der Waals surface area contributed by atoms with Gasteiger partial charge < -0.3 is 4.90 Å². The summed E-state index contributed by atoms with van der Waals surface area (Å²) < 4.78 is 0. The van der Waals surface area contributed by atoms with E-state index in [9.17, 15) is 4.79 Å². The van der Waals surface area contributed by atoms with Gasteiger partial charge in [-0.2, -0.15) is 0 Å². The molecule has 1 saturated heterocycles. The molecule has 2 aromatic carbocycles. The van der Waals surface area contributed by atoms with Crippen molar-refractivity contribution < 1.29 is 4.79 Å². The van der Waals surface area contributed by atoms with Gasteiger partial charge in [-0.05, 0) is 52.5 Å². The van der Waals surface area contributed by atoms with Gasteiger partial charge in [0.2, 0.25) is 5.91 Å². The Morgan fingerprint density at radius 1 is 0.853 bits per heavy atom. The summed E-state index contributed by atoms with van der Waals surface area (Å²) in [7, 11) is 0.